The van der Waals surface area contributed by atoms with Crippen LogP contribution in [0.25, 0.3) is 0 Å². The molecule has 3 saturated heterocycles. The summed E-state index contributed by atoms with van der Waals surface area (Å²) in [6.07, 6.45) is 4.94. The van der Waals surface area contributed by atoms with Gasteiger partial charge >= 0.3 is 12.0 Å². The second-order valence-electron chi connectivity index (χ2n) is 12.1. The molecule has 5 rings (SSSR count). The highest BCUT2D eigenvalue weighted by atomic mass is 32.2. The van der Waals surface area contributed by atoms with Crippen LogP contribution in [0.3, 0.4) is 0 Å². The van der Waals surface area contributed by atoms with Crippen molar-refractivity contribution in [3.05, 3.63) is 47.7 Å². The fourth-order valence-corrected chi connectivity index (χ4v) is 7.06. The molecular weight excluding hydrogens is 552 g/mol. The minimum atomic E-state index is -0.834. The molecule has 42 heavy (non-hydrogen) atoms. The van der Waals surface area contributed by atoms with E-state index < -0.39 is 5.97 Å². The number of carbonyl (C=O) groups excluding carboxylic acids is 1. The van der Waals surface area contributed by atoms with Crippen molar-refractivity contribution < 1.29 is 24.2 Å². The fraction of sp³-hybridized carbons (Fsp3) is 0.594. The topological polar surface area (TPSA) is 95.4 Å². The summed E-state index contributed by atoms with van der Waals surface area (Å²) in [4.78, 5) is 36.9. The van der Waals surface area contributed by atoms with E-state index in [1.165, 1.54) is 17.3 Å². The van der Waals surface area contributed by atoms with Gasteiger partial charge < -0.3 is 24.4 Å². The number of rotatable bonds is 11. The summed E-state index contributed by atoms with van der Waals surface area (Å²) in [6, 6.07) is 12.5. The number of ether oxygens (including phenoxy) is 2. The van der Waals surface area contributed by atoms with Crippen LogP contribution in [0.1, 0.15) is 57.2 Å². The van der Waals surface area contributed by atoms with Crippen LogP contribution in [-0.2, 0) is 16.1 Å². The van der Waals surface area contributed by atoms with E-state index in [1.54, 1.807) is 0 Å². The molecule has 0 radical (unpaired) electrons. The van der Waals surface area contributed by atoms with Crippen molar-refractivity contribution in [1.82, 2.24) is 19.7 Å². The third kappa shape index (κ3) is 7.76. The summed E-state index contributed by atoms with van der Waals surface area (Å²) < 4.78 is 11.5. The lowest BCUT2D eigenvalue weighted by molar-refractivity contribution is -0.133. The number of carboxylic acid groups (broad SMARTS) is 1. The molecule has 4 heterocycles. The van der Waals surface area contributed by atoms with Gasteiger partial charge in [0.05, 0.1) is 11.8 Å². The first kappa shape index (κ1) is 30.6. The molecule has 3 aliphatic rings. The van der Waals surface area contributed by atoms with E-state index in [1.807, 2.05) is 37.3 Å². The molecule has 0 bridgehead atoms. The second kappa shape index (κ2) is 14.1. The standard InChI is InChI=1S/C32H44N4O5S/c1-22(2)18-27-20-35(25-12-16-40-17-13-25)32(39)36(27)26-10-14-34(15-11-26)19-24-4-9-30(33-23(24)3)41-28-5-7-29(8-6-28)42-21-31(37)38/h4-9,22,25-27H,10-21H2,1-3H3,(H,37,38). The number of hydrogen-bond acceptors (Lipinski definition) is 7. The number of benzene rings is 1. The molecule has 228 valence electrons. The van der Waals surface area contributed by atoms with Crippen LogP contribution < -0.4 is 4.74 Å². The van der Waals surface area contributed by atoms with Crippen LogP contribution in [0.15, 0.2) is 41.3 Å². The first-order chi connectivity index (χ1) is 20.3. The fourth-order valence-electron chi connectivity index (χ4n) is 6.44. The van der Waals surface area contributed by atoms with Crippen LogP contribution in [0.2, 0.25) is 0 Å². The maximum atomic E-state index is 13.7. The van der Waals surface area contributed by atoms with Gasteiger partial charge in [0.2, 0.25) is 5.88 Å². The lowest BCUT2D eigenvalue weighted by Crippen LogP contribution is -2.50. The molecule has 1 unspecified atom stereocenters. The number of likely N-dealkylation sites (tertiary alicyclic amines) is 1. The number of pyridine rings is 1. The maximum Gasteiger partial charge on any atom is 0.320 e. The van der Waals surface area contributed by atoms with Crippen molar-refractivity contribution in [3.8, 4) is 11.6 Å². The van der Waals surface area contributed by atoms with E-state index in [9.17, 15) is 9.59 Å². The summed E-state index contributed by atoms with van der Waals surface area (Å²) in [6.45, 7) is 11.7. The van der Waals surface area contributed by atoms with Gasteiger partial charge in [-0.05, 0) is 74.8 Å². The zero-order valence-corrected chi connectivity index (χ0v) is 25.9. The van der Waals surface area contributed by atoms with Crippen LogP contribution in [0, 0.1) is 12.8 Å². The third-order valence-electron chi connectivity index (χ3n) is 8.57. The van der Waals surface area contributed by atoms with Crippen molar-refractivity contribution in [2.45, 2.75) is 82.4 Å². The number of carbonyl (C=O) groups is 2. The molecule has 1 atom stereocenters. The molecule has 3 fully saturated rings. The Morgan fingerprint density at radius 3 is 2.43 bits per heavy atom. The van der Waals surface area contributed by atoms with Crippen molar-refractivity contribution in [3.63, 3.8) is 0 Å². The number of urea groups is 1. The monoisotopic (exact) mass is 596 g/mol. The molecule has 1 N–H and O–H groups in total. The normalized spacial score (nSPS) is 21.0. The molecule has 0 saturated carbocycles. The zero-order chi connectivity index (χ0) is 29.6. The van der Waals surface area contributed by atoms with Gasteiger partial charge in [-0.3, -0.25) is 9.69 Å². The van der Waals surface area contributed by atoms with Crippen LogP contribution >= 0.6 is 11.8 Å². The smallest absolute Gasteiger partial charge is 0.320 e. The van der Waals surface area contributed by atoms with E-state index in [2.05, 4.69) is 34.6 Å². The number of aromatic nitrogens is 1. The average Bonchev–Trinajstić information content (AvgIpc) is 3.29. The third-order valence-corrected chi connectivity index (χ3v) is 9.56. The summed E-state index contributed by atoms with van der Waals surface area (Å²) in [7, 11) is 0. The Morgan fingerprint density at radius 2 is 1.79 bits per heavy atom. The van der Waals surface area contributed by atoms with Gasteiger partial charge in [-0.25, -0.2) is 9.78 Å². The van der Waals surface area contributed by atoms with Gasteiger partial charge in [-0.15, -0.1) is 11.8 Å². The number of hydrogen-bond donors (Lipinski definition) is 1. The molecule has 1 aromatic heterocycles. The Hall–Kier alpha value is -2.82. The molecule has 2 aromatic rings. The Labute approximate surface area is 253 Å². The number of aryl methyl sites for hydroxylation is 1. The van der Waals surface area contributed by atoms with Gasteiger partial charge in [0.15, 0.2) is 0 Å². The number of thioether (sulfide) groups is 1. The first-order valence-electron chi connectivity index (χ1n) is 15.2. The second-order valence-corrected chi connectivity index (χ2v) is 13.2. The molecule has 3 aliphatic heterocycles. The highest BCUT2D eigenvalue weighted by molar-refractivity contribution is 8.00. The Balaban J connectivity index is 1.14. The van der Waals surface area contributed by atoms with E-state index in [0.29, 0.717) is 35.7 Å². The van der Waals surface area contributed by atoms with Crippen LogP contribution in [0.4, 0.5) is 4.79 Å². The van der Waals surface area contributed by atoms with Crippen molar-refractivity contribution in [2.75, 3.05) is 38.6 Å². The number of aliphatic carboxylic acids is 1. The summed E-state index contributed by atoms with van der Waals surface area (Å²) in [5.41, 5.74) is 2.13. The molecular formula is C32H44N4O5S. The largest absolute Gasteiger partial charge is 0.481 e. The maximum absolute atomic E-state index is 13.7. The Morgan fingerprint density at radius 1 is 1.07 bits per heavy atom. The predicted octanol–water partition coefficient (Wildman–Crippen LogP) is 5.65. The highest BCUT2D eigenvalue weighted by Crippen LogP contribution is 2.32. The SMILES string of the molecule is Cc1nc(Oc2ccc(SCC(=O)O)cc2)ccc1CN1CCC(N2C(=O)N(C3CCOCC3)CC2CC(C)C)CC1. The molecule has 0 aliphatic carbocycles. The Bertz CT molecular complexity index is 1210. The van der Waals surface area contributed by atoms with Crippen molar-refractivity contribution in [1.29, 1.82) is 0 Å². The first-order valence-corrected chi connectivity index (χ1v) is 16.2. The average molecular weight is 597 g/mol. The molecule has 1 aromatic carbocycles. The summed E-state index contributed by atoms with van der Waals surface area (Å²) >= 11 is 1.28. The minimum absolute atomic E-state index is 0.0321. The lowest BCUT2D eigenvalue weighted by Gasteiger charge is -2.39. The van der Waals surface area contributed by atoms with Crippen LogP contribution in [0.5, 0.6) is 11.6 Å². The minimum Gasteiger partial charge on any atom is -0.481 e. The molecule has 2 amide bonds. The lowest BCUT2D eigenvalue weighted by atomic mass is 9.97. The van der Waals surface area contributed by atoms with E-state index in [0.717, 1.165) is 82.1 Å². The summed E-state index contributed by atoms with van der Waals surface area (Å²) in [5, 5.41) is 8.85. The van der Waals surface area contributed by atoms with E-state index in [-0.39, 0.29) is 11.8 Å². The van der Waals surface area contributed by atoms with Gasteiger partial charge in [-0.2, -0.15) is 0 Å². The predicted molar refractivity (Wildman–Crippen MR) is 163 cm³/mol. The van der Waals surface area contributed by atoms with Crippen molar-refractivity contribution >= 4 is 23.8 Å². The van der Waals surface area contributed by atoms with Gasteiger partial charge in [0.1, 0.15) is 5.75 Å². The van der Waals surface area contributed by atoms with Gasteiger partial charge in [0, 0.05) is 68.1 Å². The number of piperidine rings is 1. The van der Waals surface area contributed by atoms with E-state index >= 15 is 0 Å². The van der Waals surface area contributed by atoms with E-state index in [4.69, 9.17) is 19.6 Å². The zero-order valence-electron chi connectivity index (χ0n) is 25.0. The summed E-state index contributed by atoms with van der Waals surface area (Å²) in [5.74, 6) is 0.964. The quantitative estimate of drug-likeness (QED) is 0.333. The van der Waals surface area contributed by atoms with Gasteiger partial charge in [0.25, 0.3) is 0 Å². The molecule has 0 spiro atoms. The molecule has 10 heteroatoms. The number of carboxylic acids is 1. The van der Waals surface area contributed by atoms with Crippen molar-refractivity contribution in [2.24, 2.45) is 5.92 Å². The Kier molecular flexibility index (Phi) is 10.3. The number of nitrogens with zero attached hydrogens (tertiary/aromatic N) is 4. The van der Waals surface area contributed by atoms with Crippen LogP contribution in [-0.4, -0.2) is 93.5 Å². The molecule has 9 nitrogen and oxygen atoms in total. The highest BCUT2D eigenvalue weighted by Gasteiger charge is 2.44. The van der Waals surface area contributed by atoms with Gasteiger partial charge in [-0.1, -0.05) is 19.9 Å². The number of amides is 2.